The fourth-order valence-electron chi connectivity index (χ4n) is 4.53. The van der Waals surface area contributed by atoms with Crippen LogP contribution in [0, 0.1) is 6.92 Å². The van der Waals surface area contributed by atoms with Gasteiger partial charge in [-0.15, -0.1) is 0 Å². The summed E-state index contributed by atoms with van der Waals surface area (Å²) in [7, 11) is 0. The first-order valence-electron chi connectivity index (χ1n) is 8.56. The number of para-hydroxylation sites is 2. The van der Waals surface area contributed by atoms with Gasteiger partial charge in [-0.05, 0) is 51.0 Å². The fourth-order valence-corrected chi connectivity index (χ4v) is 4.53. The zero-order chi connectivity index (χ0) is 16.6. The molecule has 23 heavy (non-hydrogen) atoms. The molecule has 1 atom stereocenters. The molecule has 0 spiro atoms. The van der Waals surface area contributed by atoms with Gasteiger partial charge in [0, 0.05) is 16.6 Å². The fraction of sp³-hybridized carbons (Fsp3) is 0.429. The Morgan fingerprint density at radius 3 is 2.22 bits per heavy atom. The molecule has 2 heteroatoms. The van der Waals surface area contributed by atoms with Gasteiger partial charge in [-0.1, -0.05) is 44.2 Å². The molecule has 2 heterocycles. The molecule has 2 aliphatic heterocycles. The molecule has 2 nitrogen and oxygen atoms in total. The highest BCUT2D eigenvalue weighted by molar-refractivity contribution is 5.90. The highest BCUT2D eigenvalue weighted by Gasteiger charge is 2.57. The van der Waals surface area contributed by atoms with Crippen LogP contribution >= 0.6 is 0 Å². The largest absolute Gasteiger partial charge is 0.343 e. The minimum absolute atomic E-state index is 0.0856. The Labute approximate surface area is 139 Å². The Kier molecular flexibility index (Phi) is 2.74. The van der Waals surface area contributed by atoms with E-state index in [1.54, 1.807) is 0 Å². The van der Waals surface area contributed by atoms with E-state index in [1.165, 1.54) is 28.2 Å². The maximum Gasteiger partial charge on any atom is 0.104 e. The van der Waals surface area contributed by atoms with Gasteiger partial charge in [0.25, 0.3) is 0 Å². The number of rotatable bonds is 1. The van der Waals surface area contributed by atoms with Crippen LogP contribution < -0.4 is 9.80 Å². The van der Waals surface area contributed by atoms with Crippen LogP contribution in [0.25, 0.3) is 0 Å². The highest BCUT2D eigenvalue weighted by atomic mass is 15.5. The van der Waals surface area contributed by atoms with Crippen molar-refractivity contribution in [1.29, 1.82) is 0 Å². The third-order valence-corrected chi connectivity index (χ3v) is 6.44. The van der Waals surface area contributed by atoms with Crippen molar-refractivity contribution in [3.63, 3.8) is 0 Å². The Morgan fingerprint density at radius 2 is 1.52 bits per heavy atom. The van der Waals surface area contributed by atoms with Gasteiger partial charge in [0.05, 0.1) is 11.4 Å². The number of benzene rings is 2. The van der Waals surface area contributed by atoms with Crippen LogP contribution in [-0.2, 0) is 5.41 Å². The summed E-state index contributed by atoms with van der Waals surface area (Å²) in [5.74, 6) is 0. The average molecular weight is 306 g/mol. The van der Waals surface area contributed by atoms with Crippen LogP contribution in [0.15, 0.2) is 42.5 Å². The molecule has 2 aliphatic rings. The molecular formula is C21H26N2. The van der Waals surface area contributed by atoms with Crippen molar-refractivity contribution in [2.24, 2.45) is 0 Å². The van der Waals surface area contributed by atoms with E-state index in [0.717, 1.165) is 0 Å². The number of aryl methyl sites for hydroxylation is 1. The van der Waals surface area contributed by atoms with E-state index < -0.39 is 0 Å². The minimum atomic E-state index is 0.0856. The van der Waals surface area contributed by atoms with Crippen molar-refractivity contribution in [3.05, 3.63) is 53.6 Å². The van der Waals surface area contributed by atoms with Gasteiger partial charge in [0.1, 0.15) is 6.17 Å². The molecule has 0 N–H and O–H groups in total. The Hall–Kier alpha value is -1.96. The van der Waals surface area contributed by atoms with Crippen LogP contribution in [0.3, 0.4) is 0 Å². The van der Waals surface area contributed by atoms with Crippen molar-refractivity contribution in [2.45, 2.75) is 58.7 Å². The van der Waals surface area contributed by atoms with Gasteiger partial charge < -0.3 is 9.80 Å². The van der Waals surface area contributed by atoms with Crippen LogP contribution in [0.2, 0.25) is 0 Å². The summed E-state index contributed by atoms with van der Waals surface area (Å²) >= 11 is 0. The van der Waals surface area contributed by atoms with E-state index in [4.69, 9.17) is 0 Å². The Morgan fingerprint density at radius 1 is 0.870 bits per heavy atom. The van der Waals surface area contributed by atoms with Gasteiger partial charge in [-0.3, -0.25) is 0 Å². The first kappa shape index (κ1) is 14.6. The summed E-state index contributed by atoms with van der Waals surface area (Å²) in [6.07, 6.45) is 0.323. The molecule has 2 aromatic rings. The van der Waals surface area contributed by atoms with Gasteiger partial charge in [-0.2, -0.15) is 0 Å². The standard InChI is InChI=1S/C21H26N2/c1-14-10-7-8-12-17(14)22-15(2)23-19-16(11-9-13-18(19)22)20(3,4)21(23,5)6/h7-13,15H,1-6H3/t15-/m1/s1. The summed E-state index contributed by atoms with van der Waals surface area (Å²) in [5.41, 5.74) is 7.13. The maximum atomic E-state index is 2.63. The van der Waals surface area contributed by atoms with Crippen molar-refractivity contribution >= 4 is 17.1 Å². The third kappa shape index (κ3) is 1.59. The summed E-state index contributed by atoms with van der Waals surface area (Å²) < 4.78 is 0. The molecular weight excluding hydrogens is 280 g/mol. The summed E-state index contributed by atoms with van der Waals surface area (Å²) in [6, 6.07) is 15.5. The second-order valence-corrected chi connectivity index (χ2v) is 8.02. The predicted octanol–water partition coefficient (Wildman–Crippen LogP) is 5.37. The lowest BCUT2D eigenvalue weighted by Crippen LogP contribution is -2.56. The number of hydrogen-bond donors (Lipinski definition) is 0. The number of hydrogen-bond acceptors (Lipinski definition) is 2. The van der Waals surface area contributed by atoms with Crippen molar-refractivity contribution in [3.8, 4) is 0 Å². The SMILES string of the molecule is Cc1ccccc1N1c2cccc3c2N([C@@H]1C)C(C)(C)C3(C)C. The zero-order valence-electron chi connectivity index (χ0n) is 15.0. The predicted molar refractivity (Wildman–Crippen MR) is 98.8 cm³/mol. The lowest BCUT2D eigenvalue weighted by molar-refractivity contribution is 0.298. The van der Waals surface area contributed by atoms with Gasteiger partial charge in [0.2, 0.25) is 0 Å². The van der Waals surface area contributed by atoms with E-state index in [2.05, 4.69) is 93.8 Å². The van der Waals surface area contributed by atoms with Crippen molar-refractivity contribution < 1.29 is 0 Å². The van der Waals surface area contributed by atoms with Crippen molar-refractivity contribution in [1.82, 2.24) is 0 Å². The van der Waals surface area contributed by atoms with Crippen LogP contribution in [-0.4, -0.2) is 11.7 Å². The highest BCUT2D eigenvalue weighted by Crippen LogP contribution is 2.60. The van der Waals surface area contributed by atoms with E-state index in [-0.39, 0.29) is 11.0 Å². The molecule has 0 aliphatic carbocycles. The summed E-state index contributed by atoms with van der Waals surface area (Å²) in [5, 5.41) is 0. The first-order chi connectivity index (χ1) is 10.8. The zero-order valence-corrected chi connectivity index (χ0v) is 15.0. The molecule has 0 radical (unpaired) electrons. The van der Waals surface area contributed by atoms with Crippen LogP contribution in [0.1, 0.15) is 45.7 Å². The van der Waals surface area contributed by atoms with Gasteiger partial charge in [0.15, 0.2) is 0 Å². The monoisotopic (exact) mass is 306 g/mol. The molecule has 0 saturated heterocycles. The maximum absolute atomic E-state index is 2.63. The molecule has 0 saturated carbocycles. The summed E-state index contributed by atoms with van der Waals surface area (Å²) in [4.78, 5) is 5.13. The van der Waals surface area contributed by atoms with Gasteiger partial charge >= 0.3 is 0 Å². The second kappa shape index (κ2) is 4.31. The van der Waals surface area contributed by atoms with E-state index >= 15 is 0 Å². The van der Waals surface area contributed by atoms with Crippen LogP contribution in [0.4, 0.5) is 17.1 Å². The third-order valence-electron chi connectivity index (χ3n) is 6.44. The quantitative estimate of drug-likeness (QED) is 0.699. The molecule has 4 rings (SSSR count). The average Bonchev–Trinajstić information content (AvgIpc) is 2.87. The number of anilines is 3. The lowest BCUT2D eigenvalue weighted by Gasteiger charge is -2.45. The molecule has 0 fully saturated rings. The van der Waals surface area contributed by atoms with E-state index in [0.29, 0.717) is 6.17 Å². The molecule has 2 aromatic carbocycles. The lowest BCUT2D eigenvalue weighted by atomic mass is 9.72. The smallest absolute Gasteiger partial charge is 0.104 e. The van der Waals surface area contributed by atoms with Crippen LogP contribution in [0.5, 0.6) is 0 Å². The molecule has 0 bridgehead atoms. The molecule has 0 amide bonds. The molecule has 120 valence electrons. The second-order valence-electron chi connectivity index (χ2n) is 8.02. The van der Waals surface area contributed by atoms with Gasteiger partial charge in [-0.25, -0.2) is 0 Å². The van der Waals surface area contributed by atoms with E-state index in [9.17, 15) is 0 Å². The van der Waals surface area contributed by atoms with E-state index in [1.807, 2.05) is 0 Å². The first-order valence-corrected chi connectivity index (χ1v) is 8.56. The number of nitrogens with zero attached hydrogens (tertiary/aromatic N) is 2. The van der Waals surface area contributed by atoms with Crippen molar-refractivity contribution in [2.75, 3.05) is 9.80 Å². The Balaban J connectivity index is 1.99. The molecule has 0 aromatic heterocycles. The molecule has 0 unspecified atom stereocenters. The summed E-state index contributed by atoms with van der Waals surface area (Å²) in [6.45, 7) is 14.1. The normalized spacial score (nSPS) is 23.3. The topological polar surface area (TPSA) is 6.48 Å². The minimum Gasteiger partial charge on any atom is -0.343 e. The Bertz CT molecular complexity index is 788.